The maximum absolute atomic E-state index is 12.1. The molecule has 1 aliphatic heterocycles. The Labute approximate surface area is 191 Å². The van der Waals surface area contributed by atoms with Crippen LogP contribution in [0.15, 0.2) is 46.0 Å². The van der Waals surface area contributed by atoms with Crippen LogP contribution in [0.2, 0.25) is 0 Å². The lowest BCUT2D eigenvalue weighted by Gasteiger charge is -2.25. The van der Waals surface area contributed by atoms with Crippen molar-refractivity contribution < 1.29 is 19.0 Å². The van der Waals surface area contributed by atoms with Crippen LogP contribution in [0, 0.1) is 6.92 Å². The van der Waals surface area contributed by atoms with Gasteiger partial charge in [0.15, 0.2) is 11.5 Å². The minimum absolute atomic E-state index is 0.152. The van der Waals surface area contributed by atoms with Gasteiger partial charge in [-0.3, -0.25) is 9.69 Å². The minimum Gasteiger partial charge on any atom is -0.490 e. The van der Waals surface area contributed by atoms with Gasteiger partial charge in [0.05, 0.1) is 37.1 Å². The second kappa shape index (κ2) is 11.8. The molecule has 2 aromatic rings. The van der Waals surface area contributed by atoms with E-state index in [-0.39, 0.29) is 5.91 Å². The first-order chi connectivity index (χ1) is 15.0. The van der Waals surface area contributed by atoms with E-state index in [4.69, 9.17) is 14.2 Å². The number of halogens is 1. The van der Waals surface area contributed by atoms with E-state index in [1.807, 2.05) is 36.1 Å². The highest BCUT2D eigenvalue weighted by atomic mass is 79.9. The summed E-state index contributed by atoms with van der Waals surface area (Å²) in [5.41, 5.74) is 5.63. The Kier molecular flexibility index (Phi) is 8.87. The summed E-state index contributed by atoms with van der Waals surface area (Å²) in [6.07, 6.45) is 1.59. The van der Waals surface area contributed by atoms with Crippen LogP contribution < -0.4 is 14.9 Å². The van der Waals surface area contributed by atoms with E-state index < -0.39 is 0 Å². The number of benzene rings is 2. The molecule has 0 aromatic heterocycles. The number of ether oxygens (including phenoxy) is 3. The van der Waals surface area contributed by atoms with E-state index >= 15 is 0 Å². The highest BCUT2D eigenvalue weighted by Crippen LogP contribution is 2.37. The number of nitrogens with one attached hydrogen (secondary N) is 1. The molecule has 0 saturated carbocycles. The summed E-state index contributed by atoms with van der Waals surface area (Å²) in [6, 6.07) is 11.9. The average molecular weight is 490 g/mol. The van der Waals surface area contributed by atoms with Gasteiger partial charge in [-0.25, -0.2) is 5.43 Å². The first-order valence-electron chi connectivity index (χ1n) is 10.3. The third kappa shape index (κ3) is 7.34. The largest absolute Gasteiger partial charge is 0.490 e. The summed E-state index contributed by atoms with van der Waals surface area (Å²) in [4.78, 5) is 14.1. The zero-order chi connectivity index (χ0) is 22.1. The van der Waals surface area contributed by atoms with Crippen molar-refractivity contribution in [1.82, 2.24) is 10.3 Å². The average Bonchev–Trinajstić information content (AvgIpc) is 2.74. The summed E-state index contributed by atoms with van der Waals surface area (Å²) in [5.74, 6) is 1.10. The smallest absolute Gasteiger partial charge is 0.254 e. The molecule has 0 atom stereocenters. The number of carbonyl (C=O) groups is 1. The zero-order valence-corrected chi connectivity index (χ0v) is 19.5. The monoisotopic (exact) mass is 489 g/mol. The molecule has 1 heterocycles. The first kappa shape index (κ1) is 23.2. The van der Waals surface area contributed by atoms with Crippen LogP contribution in [0.5, 0.6) is 11.5 Å². The lowest BCUT2D eigenvalue weighted by molar-refractivity contribution is -0.123. The van der Waals surface area contributed by atoms with Crippen molar-refractivity contribution in [3.05, 3.63) is 57.6 Å². The van der Waals surface area contributed by atoms with Gasteiger partial charge in [0.25, 0.3) is 5.91 Å². The molecule has 0 unspecified atom stereocenters. The number of morpholine rings is 1. The van der Waals surface area contributed by atoms with E-state index in [0.717, 1.165) is 28.7 Å². The molecule has 31 heavy (non-hydrogen) atoms. The molecule has 0 aliphatic carbocycles. The highest BCUT2D eigenvalue weighted by molar-refractivity contribution is 9.10. The molecule has 3 rings (SSSR count). The minimum atomic E-state index is -0.152. The maximum Gasteiger partial charge on any atom is 0.254 e. The Morgan fingerprint density at radius 2 is 2.06 bits per heavy atom. The lowest BCUT2D eigenvalue weighted by atomic mass is 10.1. The summed E-state index contributed by atoms with van der Waals surface area (Å²) in [6.45, 7) is 8.05. The van der Waals surface area contributed by atoms with E-state index in [2.05, 4.69) is 45.5 Å². The molecule has 2 aromatic carbocycles. The van der Waals surface area contributed by atoms with E-state index in [1.165, 1.54) is 5.56 Å². The van der Waals surface area contributed by atoms with Crippen molar-refractivity contribution in [2.75, 3.05) is 39.5 Å². The fourth-order valence-electron chi connectivity index (χ4n) is 3.20. The van der Waals surface area contributed by atoms with Gasteiger partial charge >= 0.3 is 0 Å². The summed E-state index contributed by atoms with van der Waals surface area (Å²) < 4.78 is 17.9. The second-order valence-electron chi connectivity index (χ2n) is 7.22. The molecule has 0 spiro atoms. The summed E-state index contributed by atoms with van der Waals surface area (Å²) >= 11 is 3.57. The predicted molar refractivity (Wildman–Crippen MR) is 124 cm³/mol. The molecular weight excluding hydrogens is 462 g/mol. The maximum atomic E-state index is 12.1. The highest BCUT2D eigenvalue weighted by Gasteiger charge is 2.14. The number of aryl methyl sites for hydroxylation is 1. The predicted octanol–water partition coefficient (Wildman–Crippen LogP) is 3.52. The number of rotatable bonds is 9. The van der Waals surface area contributed by atoms with Crippen LogP contribution in [0.4, 0.5) is 0 Å². The Morgan fingerprint density at radius 3 is 2.81 bits per heavy atom. The van der Waals surface area contributed by atoms with Gasteiger partial charge in [-0.2, -0.15) is 5.10 Å². The molecule has 7 nitrogen and oxygen atoms in total. The number of amides is 1. The van der Waals surface area contributed by atoms with Gasteiger partial charge in [-0.15, -0.1) is 0 Å². The van der Waals surface area contributed by atoms with Gasteiger partial charge < -0.3 is 14.2 Å². The van der Waals surface area contributed by atoms with Gasteiger partial charge in [0.2, 0.25) is 0 Å². The normalized spacial score (nSPS) is 14.5. The lowest BCUT2D eigenvalue weighted by Crippen LogP contribution is -2.42. The van der Waals surface area contributed by atoms with E-state index in [1.54, 1.807) is 6.21 Å². The molecule has 1 N–H and O–H groups in total. The molecule has 8 heteroatoms. The van der Waals surface area contributed by atoms with E-state index in [0.29, 0.717) is 44.5 Å². The quantitative estimate of drug-likeness (QED) is 0.430. The zero-order valence-electron chi connectivity index (χ0n) is 17.9. The van der Waals surface area contributed by atoms with Crippen LogP contribution in [0.3, 0.4) is 0 Å². The Balaban J connectivity index is 1.63. The van der Waals surface area contributed by atoms with Crippen LogP contribution in [0.25, 0.3) is 0 Å². The Bertz CT molecular complexity index is 914. The molecule has 0 radical (unpaired) electrons. The van der Waals surface area contributed by atoms with Crippen LogP contribution in [0.1, 0.15) is 23.6 Å². The third-order valence-corrected chi connectivity index (χ3v) is 5.26. The summed E-state index contributed by atoms with van der Waals surface area (Å²) in [7, 11) is 0. The number of hydrogen-bond donors (Lipinski definition) is 1. The van der Waals surface area contributed by atoms with Gasteiger partial charge in [0.1, 0.15) is 6.61 Å². The molecule has 1 aliphatic rings. The standard InChI is InChI=1S/C23H28BrN3O4/c1-3-30-21-13-19(14-25-26-22(28)15-27-7-9-29-10-8-27)12-20(24)23(21)31-16-18-6-4-5-17(2)11-18/h4-6,11-14H,3,7-10,15-16H2,1-2H3,(H,26,28)/b25-14+. The van der Waals surface area contributed by atoms with Crippen molar-refractivity contribution in [1.29, 1.82) is 0 Å². The van der Waals surface area contributed by atoms with Gasteiger partial charge in [0, 0.05) is 13.1 Å². The fraction of sp³-hybridized carbons (Fsp3) is 0.391. The van der Waals surface area contributed by atoms with Gasteiger partial charge in [-0.05, 0) is 53.0 Å². The van der Waals surface area contributed by atoms with Crippen LogP contribution in [-0.2, 0) is 16.1 Å². The SMILES string of the molecule is CCOc1cc(/C=N/NC(=O)CN2CCOCC2)cc(Br)c1OCc1cccc(C)c1. The third-order valence-electron chi connectivity index (χ3n) is 4.67. The summed E-state index contributed by atoms with van der Waals surface area (Å²) in [5, 5.41) is 4.08. The van der Waals surface area contributed by atoms with Crippen molar-refractivity contribution in [3.8, 4) is 11.5 Å². The molecule has 166 valence electrons. The molecule has 1 amide bonds. The molecule has 1 fully saturated rings. The van der Waals surface area contributed by atoms with E-state index in [9.17, 15) is 4.79 Å². The van der Waals surface area contributed by atoms with Crippen LogP contribution in [-0.4, -0.2) is 56.5 Å². The van der Waals surface area contributed by atoms with Gasteiger partial charge in [-0.1, -0.05) is 29.8 Å². The molecular formula is C23H28BrN3O4. The Morgan fingerprint density at radius 1 is 1.26 bits per heavy atom. The first-order valence-corrected chi connectivity index (χ1v) is 11.1. The van der Waals surface area contributed by atoms with Crippen molar-refractivity contribution >= 4 is 28.1 Å². The molecule has 1 saturated heterocycles. The second-order valence-corrected chi connectivity index (χ2v) is 8.08. The van der Waals surface area contributed by atoms with Crippen molar-refractivity contribution in [2.45, 2.75) is 20.5 Å². The van der Waals surface area contributed by atoms with Crippen molar-refractivity contribution in [3.63, 3.8) is 0 Å². The number of carbonyl (C=O) groups excluding carboxylic acids is 1. The van der Waals surface area contributed by atoms with Crippen LogP contribution >= 0.6 is 15.9 Å². The van der Waals surface area contributed by atoms with Crippen molar-refractivity contribution in [2.24, 2.45) is 5.10 Å². The number of nitrogens with zero attached hydrogens (tertiary/aromatic N) is 2. The number of hydrazone groups is 1. The number of hydrogen-bond acceptors (Lipinski definition) is 6. The fourth-order valence-corrected chi connectivity index (χ4v) is 3.77. The molecule has 0 bridgehead atoms. The Hall–Kier alpha value is -2.42. The topological polar surface area (TPSA) is 72.4 Å².